The minimum absolute atomic E-state index is 0.0638. The Balaban J connectivity index is 1.73. The maximum atomic E-state index is 14.3. The molecule has 2 aromatic carbocycles. The average Bonchev–Trinajstić information content (AvgIpc) is 3.09. The molecule has 4 N–H and O–H groups in total. The summed E-state index contributed by atoms with van der Waals surface area (Å²) in [5.41, 5.74) is 2.75. The first-order valence-electron chi connectivity index (χ1n) is 8.66. The van der Waals surface area contributed by atoms with E-state index in [4.69, 9.17) is 10.5 Å². The van der Waals surface area contributed by atoms with Gasteiger partial charge in [0.1, 0.15) is 17.2 Å². The molecule has 3 rings (SSSR count). The van der Waals surface area contributed by atoms with Gasteiger partial charge in [-0.3, -0.25) is 4.79 Å². The Bertz CT molecular complexity index is 911. The van der Waals surface area contributed by atoms with E-state index in [1.54, 1.807) is 0 Å². The number of nitrogens with one attached hydrogen (secondary N) is 2. The summed E-state index contributed by atoms with van der Waals surface area (Å²) in [4.78, 5) is 12.1. The lowest BCUT2D eigenvalue weighted by Gasteiger charge is -2.20. The molecule has 0 aromatic heterocycles. The van der Waals surface area contributed by atoms with Gasteiger partial charge in [0.15, 0.2) is 0 Å². The Morgan fingerprint density at radius 1 is 1.17 bits per heavy atom. The lowest BCUT2D eigenvalue weighted by molar-refractivity contribution is -0.137. The zero-order chi connectivity index (χ0) is 21.2. The molecule has 0 spiro atoms. The number of alkyl halides is 3. The summed E-state index contributed by atoms with van der Waals surface area (Å²) in [6, 6.07) is 6.02. The number of nitrogens with two attached hydrogens (primary N) is 1. The zero-order valence-corrected chi connectivity index (χ0v) is 15.1. The van der Waals surface area contributed by atoms with Crippen molar-refractivity contribution in [3.63, 3.8) is 0 Å². The third-order valence-electron chi connectivity index (χ3n) is 4.59. The molecule has 1 aliphatic rings. The summed E-state index contributed by atoms with van der Waals surface area (Å²) in [6.45, 7) is 0.250. The first-order chi connectivity index (χ1) is 13.6. The van der Waals surface area contributed by atoms with E-state index in [2.05, 4.69) is 10.6 Å². The zero-order valence-electron chi connectivity index (χ0n) is 15.1. The molecule has 29 heavy (non-hydrogen) atoms. The fourth-order valence-corrected chi connectivity index (χ4v) is 2.91. The second-order valence-electron chi connectivity index (χ2n) is 6.73. The number of halogens is 5. The van der Waals surface area contributed by atoms with Crippen molar-refractivity contribution in [2.75, 3.05) is 18.5 Å². The van der Waals surface area contributed by atoms with Gasteiger partial charge in [0.05, 0.1) is 17.9 Å². The lowest BCUT2D eigenvalue weighted by Crippen LogP contribution is -2.54. The van der Waals surface area contributed by atoms with E-state index >= 15 is 0 Å². The van der Waals surface area contributed by atoms with Gasteiger partial charge in [-0.25, -0.2) is 8.78 Å². The van der Waals surface area contributed by atoms with E-state index in [0.717, 1.165) is 24.3 Å². The minimum atomic E-state index is -4.78. The number of anilines is 2. The molecule has 10 heteroatoms. The number of ether oxygens (including phenoxy) is 1. The van der Waals surface area contributed by atoms with Gasteiger partial charge in [-0.2, -0.15) is 13.2 Å². The molecule has 0 aliphatic carbocycles. The van der Waals surface area contributed by atoms with Crippen LogP contribution in [0.4, 0.5) is 33.3 Å². The van der Waals surface area contributed by atoms with Crippen molar-refractivity contribution in [1.82, 2.24) is 5.32 Å². The second kappa shape index (κ2) is 7.96. The lowest BCUT2D eigenvalue weighted by atomic mass is 9.99. The van der Waals surface area contributed by atoms with E-state index in [1.165, 1.54) is 12.1 Å². The van der Waals surface area contributed by atoms with Crippen LogP contribution in [-0.2, 0) is 22.3 Å². The molecule has 2 aromatic rings. The highest BCUT2D eigenvalue weighted by Crippen LogP contribution is 2.37. The number of hydrogen-bond donors (Lipinski definition) is 3. The van der Waals surface area contributed by atoms with Crippen LogP contribution in [-0.4, -0.2) is 24.7 Å². The fourth-order valence-electron chi connectivity index (χ4n) is 2.91. The van der Waals surface area contributed by atoms with Crippen LogP contribution >= 0.6 is 0 Å². The van der Waals surface area contributed by atoms with Gasteiger partial charge in [0.25, 0.3) is 0 Å². The maximum absolute atomic E-state index is 14.3. The molecular weight excluding hydrogens is 397 g/mol. The summed E-state index contributed by atoms with van der Waals surface area (Å²) in [6.07, 6.45) is -4.44. The van der Waals surface area contributed by atoms with E-state index in [-0.39, 0.29) is 24.4 Å². The maximum Gasteiger partial charge on any atom is 0.418 e. The monoisotopic (exact) mass is 415 g/mol. The third kappa shape index (κ3) is 4.65. The molecule has 0 bridgehead atoms. The number of rotatable bonds is 5. The van der Waals surface area contributed by atoms with Gasteiger partial charge in [-0.1, -0.05) is 12.1 Å². The molecular formula is C19H18F5N3O2. The fraction of sp³-hybridized carbons (Fsp3) is 0.316. The summed E-state index contributed by atoms with van der Waals surface area (Å²) in [5, 5.41) is 4.79. The molecule has 5 nitrogen and oxygen atoms in total. The Labute approximate surface area is 163 Å². The topological polar surface area (TPSA) is 76.4 Å². The van der Waals surface area contributed by atoms with Gasteiger partial charge in [-0.05, 0) is 30.7 Å². The Kier molecular flexibility index (Phi) is 5.76. The smallest absolute Gasteiger partial charge is 0.379 e. The number of hydrogen-bond acceptors (Lipinski definition) is 4. The van der Waals surface area contributed by atoms with Crippen molar-refractivity contribution in [1.29, 1.82) is 0 Å². The van der Waals surface area contributed by atoms with Crippen molar-refractivity contribution >= 4 is 17.3 Å². The molecule has 156 valence electrons. The Morgan fingerprint density at radius 3 is 2.55 bits per heavy atom. The first kappa shape index (κ1) is 21.0. The van der Waals surface area contributed by atoms with Crippen LogP contribution < -0.4 is 16.4 Å². The van der Waals surface area contributed by atoms with Crippen molar-refractivity contribution in [3.8, 4) is 0 Å². The summed E-state index contributed by atoms with van der Waals surface area (Å²) < 4.78 is 72.6. The second-order valence-corrected chi connectivity index (χ2v) is 6.73. The third-order valence-corrected chi connectivity index (χ3v) is 4.59. The highest BCUT2D eigenvalue weighted by Gasteiger charge is 2.38. The van der Waals surface area contributed by atoms with Gasteiger partial charge in [0, 0.05) is 24.4 Å². The normalized spacial score (nSPS) is 19.2. The van der Waals surface area contributed by atoms with E-state index in [9.17, 15) is 26.7 Å². The SMILES string of the molecule is N[C@@]1(C(=O)NCc2ccc(Nc3c(F)cccc3C(F)(F)F)cc2F)CCOC1. The predicted molar refractivity (Wildman–Crippen MR) is 95.3 cm³/mol. The Morgan fingerprint density at radius 2 is 1.93 bits per heavy atom. The van der Waals surface area contributed by atoms with E-state index in [1.807, 2.05) is 0 Å². The van der Waals surface area contributed by atoms with Gasteiger partial charge in [-0.15, -0.1) is 0 Å². The largest absolute Gasteiger partial charge is 0.418 e. The summed E-state index contributed by atoms with van der Waals surface area (Å²) >= 11 is 0. The first-order valence-corrected chi connectivity index (χ1v) is 8.66. The molecule has 0 radical (unpaired) electrons. The van der Waals surface area contributed by atoms with Crippen LogP contribution in [0, 0.1) is 11.6 Å². The van der Waals surface area contributed by atoms with Crippen molar-refractivity contribution < 1.29 is 31.5 Å². The summed E-state index contributed by atoms with van der Waals surface area (Å²) in [7, 11) is 0. The molecule has 1 atom stereocenters. The van der Waals surface area contributed by atoms with Crippen LogP contribution in [0.25, 0.3) is 0 Å². The van der Waals surface area contributed by atoms with E-state index < -0.39 is 40.5 Å². The quantitative estimate of drug-likeness (QED) is 0.654. The molecule has 1 aliphatic heterocycles. The highest BCUT2D eigenvalue weighted by molar-refractivity contribution is 5.86. The molecule has 1 heterocycles. The van der Waals surface area contributed by atoms with E-state index in [0.29, 0.717) is 13.0 Å². The van der Waals surface area contributed by atoms with Crippen LogP contribution in [0.3, 0.4) is 0 Å². The molecule has 0 unspecified atom stereocenters. The van der Waals surface area contributed by atoms with Crippen LogP contribution in [0.15, 0.2) is 36.4 Å². The molecule has 1 amide bonds. The Hall–Kier alpha value is -2.72. The number of para-hydroxylation sites is 1. The number of amides is 1. The van der Waals surface area contributed by atoms with Crippen LogP contribution in [0.1, 0.15) is 17.5 Å². The average molecular weight is 415 g/mol. The number of carbonyl (C=O) groups is 1. The molecule has 1 fully saturated rings. The summed E-state index contributed by atoms with van der Waals surface area (Å²) in [5.74, 6) is -2.39. The van der Waals surface area contributed by atoms with Crippen molar-refractivity contribution in [3.05, 3.63) is 59.2 Å². The number of benzene rings is 2. The standard InChI is InChI=1S/C19H18F5N3O2/c20-14-3-1-2-13(19(22,23)24)16(14)27-12-5-4-11(15(21)8-12)9-26-17(28)18(25)6-7-29-10-18/h1-5,8,27H,6-7,9-10,25H2,(H,26,28)/t18-/m0/s1. The van der Waals surface area contributed by atoms with Gasteiger partial charge < -0.3 is 21.1 Å². The highest BCUT2D eigenvalue weighted by atomic mass is 19.4. The van der Waals surface area contributed by atoms with Crippen molar-refractivity contribution in [2.24, 2.45) is 5.73 Å². The van der Waals surface area contributed by atoms with Crippen molar-refractivity contribution in [2.45, 2.75) is 24.7 Å². The predicted octanol–water partition coefficient (Wildman–Crippen LogP) is 3.46. The van der Waals surface area contributed by atoms with Gasteiger partial charge >= 0.3 is 6.18 Å². The van der Waals surface area contributed by atoms with Crippen LogP contribution in [0.5, 0.6) is 0 Å². The number of carbonyl (C=O) groups excluding carboxylic acids is 1. The molecule has 1 saturated heterocycles. The van der Waals surface area contributed by atoms with Crippen LogP contribution in [0.2, 0.25) is 0 Å². The van der Waals surface area contributed by atoms with Gasteiger partial charge in [0.2, 0.25) is 5.91 Å². The minimum Gasteiger partial charge on any atom is -0.379 e. The molecule has 0 saturated carbocycles.